The molecule has 1 aromatic carbocycles. The lowest BCUT2D eigenvalue weighted by molar-refractivity contribution is 0.0697. The standard InChI is InChI=1S/C13H18ClNO5S/c1-8(2)12(5-6-16)15-21(19,20)9-3-4-10(13(17)18)11(14)7-9/h3-4,7-8,12,15-16H,5-6H2,1-2H3,(H,17,18). The zero-order valence-electron chi connectivity index (χ0n) is 11.7. The van der Waals surface area contributed by atoms with Crippen LogP contribution in [0.2, 0.25) is 5.02 Å². The largest absolute Gasteiger partial charge is 0.478 e. The second-order valence-corrected chi connectivity index (χ2v) is 7.05. The fourth-order valence-electron chi connectivity index (χ4n) is 1.77. The first-order valence-electron chi connectivity index (χ1n) is 6.35. The highest BCUT2D eigenvalue weighted by atomic mass is 35.5. The van der Waals surface area contributed by atoms with Crippen LogP contribution in [0, 0.1) is 5.92 Å². The van der Waals surface area contributed by atoms with Crippen molar-refractivity contribution in [1.82, 2.24) is 4.72 Å². The van der Waals surface area contributed by atoms with Crippen LogP contribution in [0.15, 0.2) is 23.1 Å². The molecule has 0 spiro atoms. The van der Waals surface area contributed by atoms with Gasteiger partial charge in [0.2, 0.25) is 10.0 Å². The molecule has 0 saturated carbocycles. The Morgan fingerprint density at radius 3 is 2.43 bits per heavy atom. The van der Waals surface area contributed by atoms with Gasteiger partial charge < -0.3 is 10.2 Å². The summed E-state index contributed by atoms with van der Waals surface area (Å²) in [4.78, 5) is 10.7. The Morgan fingerprint density at radius 1 is 1.38 bits per heavy atom. The monoisotopic (exact) mass is 335 g/mol. The van der Waals surface area contributed by atoms with E-state index >= 15 is 0 Å². The molecule has 0 heterocycles. The highest BCUT2D eigenvalue weighted by Crippen LogP contribution is 2.21. The molecule has 6 nitrogen and oxygen atoms in total. The SMILES string of the molecule is CC(C)C(CCO)NS(=O)(=O)c1ccc(C(=O)O)c(Cl)c1. The third-order valence-corrected chi connectivity index (χ3v) is 4.83. The van der Waals surface area contributed by atoms with Gasteiger partial charge in [-0.05, 0) is 30.5 Å². The Hall–Kier alpha value is -1.15. The van der Waals surface area contributed by atoms with E-state index in [9.17, 15) is 13.2 Å². The number of nitrogens with one attached hydrogen (secondary N) is 1. The molecule has 0 amide bonds. The van der Waals surface area contributed by atoms with Gasteiger partial charge in [0.15, 0.2) is 0 Å². The zero-order chi connectivity index (χ0) is 16.2. The lowest BCUT2D eigenvalue weighted by atomic mass is 10.0. The third kappa shape index (κ3) is 4.67. The van der Waals surface area contributed by atoms with E-state index in [-0.39, 0.29) is 34.4 Å². The van der Waals surface area contributed by atoms with E-state index in [0.717, 1.165) is 12.1 Å². The number of carbonyl (C=O) groups is 1. The summed E-state index contributed by atoms with van der Waals surface area (Å²) in [5, 5.41) is 17.7. The van der Waals surface area contributed by atoms with Gasteiger partial charge in [0.05, 0.1) is 15.5 Å². The predicted molar refractivity (Wildman–Crippen MR) is 79.1 cm³/mol. The van der Waals surface area contributed by atoms with Gasteiger partial charge in [-0.1, -0.05) is 25.4 Å². The van der Waals surface area contributed by atoms with Gasteiger partial charge in [-0.15, -0.1) is 0 Å². The van der Waals surface area contributed by atoms with Crippen molar-refractivity contribution in [1.29, 1.82) is 0 Å². The molecular weight excluding hydrogens is 318 g/mol. The average molecular weight is 336 g/mol. The summed E-state index contributed by atoms with van der Waals surface area (Å²) in [5.74, 6) is -1.22. The van der Waals surface area contributed by atoms with E-state index in [0.29, 0.717) is 0 Å². The molecule has 0 bridgehead atoms. The third-order valence-electron chi connectivity index (χ3n) is 3.03. The van der Waals surface area contributed by atoms with Gasteiger partial charge >= 0.3 is 5.97 Å². The van der Waals surface area contributed by atoms with Gasteiger partial charge in [-0.3, -0.25) is 0 Å². The summed E-state index contributed by atoms with van der Waals surface area (Å²) in [6.07, 6.45) is 0.290. The van der Waals surface area contributed by atoms with Gasteiger partial charge in [0.25, 0.3) is 0 Å². The van der Waals surface area contributed by atoms with Crippen molar-refractivity contribution in [3.8, 4) is 0 Å². The van der Waals surface area contributed by atoms with E-state index in [4.69, 9.17) is 21.8 Å². The van der Waals surface area contributed by atoms with Crippen LogP contribution in [0.1, 0.15) is 30.6 Å². The molecule has 0 aliphatic carbocycles. The van der Waals surface area contributed by atoms with Crippen LogP contribution in [0.25, 0.3) is 0 Å². The number of hydrogen-bond acceptors (Lipinski definition) is 4. The predicted octanol–water partition coefficient (Wildman–Crippen LogP) is 1.72. The van der Waals surface area contributed by atoms with E-state index in [1.54, 1.807) is 0 Å². The number of aromatic carboxylic acids is 1. The van der Waals surface area contributed by atoms with Crippen molar-refractivity contribution in [3.63, 3.8) is 0 Å². The normalized spacial score (nSPS) is 13.4. The average Bonchev–Trinajstić information content (AvgIpc) is 2.37. The molecule has 0 aliphatic heterocycles. The molecule has 0 aromatic heterocycles. The molecule has 8 heteroatoms. The van der Waals surface area contributed by atoms with E-state index in [2.05, 4.69) is 4.72 Å². The highest BCUT2D eigenvalue weighted by molar-refractivity contribution is 7.89. The van der Waals surface area contributed by atoms with Gasteiger partial charge in [-0.25, -0.2) is 17.9 Å². The maximum atomic E-state index is 12.3. The Morgan fingerprint density at radius 2 is 2.00 bits per heavy atom. The molecule has 118 valence electrons. The molecule has 0 fully saturated rings. The Bertz CT molecular complexity index is 615. The van der Waals surface area contributed by atoms with Crippen molar-refractivity contribution in [2.75, 3.05) is 6.61 Å². The lowest BCUT2D eigenvalue weighted by Crippen LogP contribution is -2.39. The van der Waals surface area contributed by atoms with Crippen LogP contribution < -0.4 is 4.72 Å². The minimum Gasteiger partial charge on any atom is -0.478 e. The maximum absolute atomic E-state index is 12.3. The first kappa shape index (κ1) is 17.9. The fourth-order valence-corrected chi connectivity index (χ4v) is 3.54. The van der Waals surface area contributed by atoms with Crippen LogP contribution in [0.3, 0.4) is 0 Å². The van der Waals surface area contributed by atoms with Crippen LogP contribution in [0.5, 0.6) is 0 Å². The molecule has 0 aliphatic rings. The van der Waals surface area contributed by atoms with Crippen molar-refractivity contribution in [2.24, 2.45) is 5.92 Å². The number of carboxylic acids is 1. The summed E-state index contributed by atoms with van der Waals surface area (Å²) in [6.45, 7) is 3.54. The second kappa shape index (κ2) is 7.22. The van der Waals surface area contributed by atoms with Crippen molar-refractivity contribution < 1.29 is 23.4 Å². The second-order valence-electron chi connectivity index (χ2n) is 4.93. The zero-order valence-corrected chi connectivity index (χ0v) is 13.3. The smallest absolute Gasteiger partial charge is 0.337 e. The van der Waals surface area contributed by atoms with E-state index in [1.165, 1.54) is 6.07 Å². The first-order valence-corrected chi connectivity index (χ1v) is 8.21. The Balaban J connectivity index is 3.08. The van der Waals surface area contributed by atoms with Gasteiger partial charge in [-0.2, -0.15) is 0 Å². The number of aliphatic hydroxyl groups excluding tert-OH is 1. The minimum absolute atomic E-state index is 0.000639. The quantitative estimate of drug-likeness (QED) is 0.704. The molecule has 1 aromatic rings. The summed E-state index contributed by atoms with van der Waals surface area (Å²) in [5.41, 5.74) is -0.161. The maximum Gasteiger partial charge on any atom is 0.337 e. The molecule has 1 rings (SSSR count). The lowest BCUT2D eigenvalue weighted by Gasteiger charge is -2.21. The van der Waals surface area contributed by atoms with E-state index in [1.807, 2.05) is 13.8 Å². The summed E-state index contributed by atoms with van der Waals surface area (Å²) in [6, 6.07) is 3.02. The molecule has 21 heavy (non-hydrogen) atoms. The highest BCUT2D eigenvalue weighted by Gasteiger charge is 2.23. The van der Waals surface area contributed by atoms with Gasteiger partial charge in [0.1, 0.15) is 0 Å². The van der Waals surface area contributed by atoms with Crippen LogP contribution in [-0.2, 0) is 10.0 Å². The van der Waals surface area contributed by atoms with Crippen LogP contribution in [-0.4, -0.2) is 37.2 Å². The fraction of sp³-hybridized carbons (Fsp3) is 0.462. The number of benzene rings is 1. The molecule has 1 atom stereocenters. The first-order chi connectivity index (χ1) is 9.69. The molecule has 0 saturated heterocycles. The Labute approximate surface area is 128 Å². The summed E-state index contributed by atoms with van der Waals surface area (Å²) < 4.78 is 27.0. The number of sulfonamides is 1. The summed E-state index contributed by atoms with van der Waals surface area (Å²) in [7, 11) is -3.83. The van der Waals surface area contributed by atoms with Crippen molar-refractivity contribution >= 4 is 27.6 Å². The van der Waals surface area contributed by atoms with Crippen LogP contribution >= 0.6 is 11.6 Å². The van der Waals surface area contributed by atoms with Crippen molar-refractivity contribution in [2.45, 2.75) is 31.2 Å². The van der Waals surface area contributed by atoms with E-state index < -0.39 is 22.0 Å². The number of aliphatic hydroxyl groups is 1. The number of carboxylic acid groups (broad SMARTS) is 1. The number of halogens is 1. The van der Waals surface area contributed by atoms with Crippen LogP contribution in [0.4, 0.5) is 0 Å². The number of hydrogen-bond donors (Lipinski definition) is 3. The van der Waals surface area contributed by atoms with Gasteiger partial charge in [0, 0.05) is 12.6 Å². The molecule has 3 N–H and O–H groups in total. The summed E-state index contributed by atoms with van der Waals surface area (Å²) >= 11 is 5.78. The van der Waals surface area contributed by atoms with Crippen molar-refractivity contribution in [3.05, 3.63) is 28.8 Å². The number of rotatable bonds is 7. The minimum atomic E-state index is -3.83. The topological polar surface area (TPSA) is 104 Å². The Kier molecular flexibility index (Phi) is 6.15. The molecule has 0 radical (unpaired) electrons. The molecule has 1 unspecified atom stereocenters. The molecular formula is C13H18ClNO5S.